The van der Waals surface area contributed by atoms with E-state index in [4.69, 9.17) is 5.73 Å². The highest BCUT2D eigenvalue weighted by molar-refractivity contribution is 5.78. The number of nitrogens with zero attached hydrogens (tertiary/aromatic N) is 1. The summed E-state index contributed by atoms with van der Waals surface area (Å²) in [5.74, 6) is 0.204. The van der Waals surface area contributed by atoms with Gasteiger partial charge in [-0.25, -0.2) is 0 Å². The number of para-hydroxylation sites is 1. The van der Waals surface area contributed by atoms with Crippen molar-refractivity contribution in [2.45, 2.75) is 27.3 Å². The van der Waals surface area contributed by atoms with Gasteiger partial charge in [0.15, 0.2) is 0 Å². The molecule has 0 unspecified atom stereocenters. The molecule has 0 spiro atoms. The van der Waals surface area contributed by atoms with Gasteiger partial charge in [0.1, 0.15) is 0 Å². The summed E-state index contributed by atoms with van der Waals surface area (Å²) in [4.78, 5) is 13.7. The standard InChI is InChI=1S/C13H20N2O/c1-4-15(13(16)10(2)3)9-11-7-5-6-8-12(11)14/h5-8,10H,4,9,14H2,1-3H3. The number of carbonyl (C=O) groups excluding carboxylic acids is 1. The van der Waals surface area contributed by atoms with Gasteiger partial charge in [0.2, 0.25) is 5.91 Å². The number of hydrogen-bond donors (Lipinski definition) is 1. The molecule has 2 N–H and O–H groups in total. The highest BCUT2D eigenvalue weighted by Crippen LogP contribution is 2.14. The van der Waals surface area contributed by atoms with E-state index in [0.29, 0.717) is 13.1 Å². The maximum absolute atomic E-state index is 11.9. The van der Waals surface area contributed by atoms with E-state index in [9.17, 15) is 4.79 Å². The second kappa shape index (κ2) is 5.54. The third-order valence-electron chi connectivity index (χ3n) is 2.60. The quantitative estimate of drug-likeness (QED) is 0.791. The van der Waals surface area contributed by atoms with Gasteiger partial charge in [0.05, 0.1) is 0 Å². The van der Waals surface area contributed by atoms with Crippen molar-refractivity contribution in [3.05, 3.63) is 29.8 Å². The van der Waals surface area contributed by atoms with Gasteiger partial charge in [0, 0.05) is 24.7 Å². The van der Waals surface area contributed by atoms with E-state index in [1.165, 1.54) is 0 Å². The number of amides is 1. The molecule has 0 saturated carbocycles. The molecule has 0 heterocycles. The van der Waals surface area contributed by atoms with Crippen LogP contribution in [0.25, 0.3) is 0 Å². The summed E-state index contributed by atoms with van der Waals surface area (Å²) in [6, 6.07) is 7.67. The first-order chi connectivity index (χ1) is 7.56. The zero-order chi connectivity index (χ0) is 12.1. The lowest BCUT2D eigenvalue weighted by Gasteiger charge is -2.23. The molecular formula is C13H20N2O. The van der Waals surface area contributed by atoms with Crippen LogP contribution in [0, 0.1) is 5.92 Å². The SMILES string of the molecule is CCN(Cc1ccccc1N)C(=O)C(C)C. The zero-order valence-electron chi connectivity index (χ0n) is 10.2. The summed E-state index contributed by atoms with van der Waals surface area (Å²) in [6.07, 6.45) is 0. The smallest absolute Gasteiger partial charge is 0.225 e. The van der Waals surface area contributed by atoms with Gasteiger partial charge >= 0.3 is 0 Å². The molecule has 0 saturated heterocycles. The number of nitrogen functional groups attached to an aromatic ring is 1. The molecule has 0 aliphatic rings. The average molecular weight is 220 g/mol. The molecule has 88 valence electrons. The molecule has 1 rings (SSSR count). The minimum absolute atomic E-state index is 0.0323. The van der Waals surface area contributed by atoms with Crippen LogP contribution in [0.3, 0.4) is 0 Å². The molecule has 0 radical (unpaired) electrons. The van der Waals surface area contributed by atoms with Crippen LogP contribution in [0.4, 0.5) is 5.69 Å². The van der Waals surface area contributed by atoms with E-state index in [0.717, 1.165) is 11.3 Å². The lowest BCUT2D eigenvalue weighted by atomic mass is 10.1. The van der Waals surface area contributed by atoms with Gasteiger partial charge in [-0.05, 0) is 18.6 Å². The Balaban J connectivity index is 2.78. The highest BCUT2D eigenvalue weighted by Gasteiger charge is 2.16. The van der Waals surface area contributed by atoms with E-state index in [2.05, 4.69) is 0 Å². The first-order valence-electron chi connectivity index (χ1n) is 5.68. The summed E-state index contributed by atoms with van der Waals surface area (Å²) >= 11 is 0. The van der Waals surface area contributed by atoms with Crippen molar-refractivity contribution in [3.63, 3.8) is 0 Å². The molecule has 0 fully saturated rings. The zero-order valence-corrected chi connectivity index (χ0v) is 10.2. The average Bonchev–Trinajstić information content (AvgIpc) is 2.27. The van der Waals surface area contributed by atoms with Crippen molar-refractivity contribution in [1.82, 2.24) is 4.90 Å². The van der Waals surface area contributed by atoms with Crippen molar-refractivity contribution in [2.75, 3.05) is 12.3 Å². The molecule has 1 aromatic carbocycles. The van der Waals surface area contributed by atoms with Crippen LogP contribution in [0.2, 0.25) is 0 Å². The van der Waals surface area contributed by atoms with Gasteiger partial charge in [-0.15, -0.1) is 0 Å². The van der Waals surface area contributed by atoms with Crippen molar-refractivity contribution < 1.29 is 4.79 Å². The topological polar surface area (TPSA) is 46.3 Å². The fourth-order valence-electron chi connectivity index (χ4n) is 1.59. The van der Waals surface area contributed by atoms with E-state index in [1.54, 1.807) is 0 Å². The van der Waals surface area contributed by atoms with Crippen LogP contribution in [0.15, 0.2) is 24.3 Å². The number of carbonyl (C=O) groups is 1. The third kappa shape index (κ3) is 2.99. The van der Waals surface area contributed by atoms with Crippen LogP contribution in [0.1, 0.15) is 26.3 Å². The molecule has 0 atom stereocenters. The van der Waals surface area contributed by atoms with Crippen molar-refractivity contribution >= 4 is 11.6 Å². The van der Waals surface area contributed by atoms with Gasteiger partial charge < -0.3 is 10.6 Å². The van der Waals surface area contributed by atoms with Crippen LogP contribution < -0.4 is 5.73 Å². The Hall–Kier alpha value is -1.51. The Bertz CT molecular complexity index is 361. The maximum atomic E-state index is 11.9. The van der Waals surface area contributed by atoms with Crippen molar-refractivity contribution in [1.29, 1.82) is 0 Å². The fraction of sp³-hybridized carbons (Fsp3) is 0.462. The minimum Gasteiger partial charge on any atom is -0.398 e. The molecule has 3 nitrogen and oxygen atoms in total. The molecular weight excluding hydrogens is 200 g/mol. The highest BCUT2D eigenvalue weighted by atomic mass is 16.2. The number of benzene rings is 1. The lowest BCUT2D eigenvalue weighted by molar-refractivity contribution is -0.134. The van der Waals surface area contributed by atoms with E-state index in [-0.39, 0.29) is 11.8 Å². The Labute approximate surface area is 97.2 Å². The second-order valence-corrected chi connectivity index (χ2v) is 4.21. The third-order valence-corrected chi connectivity index (χ3v) is 2.60. The normalized spacial score (nSPS) is 10.5. The lowest BCUT2D eigenvalue weighted by Crippen LogP contribution is -2.33. The van der Waals surface area contributed by atoms with Crippen LogP contribution in [-0.2, 0) is 11.3 Å². The number of anilines is 1. The molecule has 16 heavy (non-hydrogen) atoms. The first kappa shape index (κ1) is 12.6. The van der Waals surface area contributed by atoms with Gasteiger partial charge in [-0.2, -0.15) is 0 Å². The summed E-state index contributed by atoms with van der Waals surface area (Å²) in [7, 11) is 0. The van der Waals surface area contributed by atoms with Crippen LogP contribution >= 0.6 is 0 Å². The van der Waals surface area contributed by atoms with Gasteiger partial charge in [-0.3, -0.25) is 4.79 Å². The Kier molecular flexibility index (Phi) is 4.35. The number of hydrogen-bond acceptors (Lipinski definition) is 2. The molecule has 0 aliphatic heterocycles. The number of rotatable bonds is 4. The van der Waals surface area contributed by atoms with E-state index in [1.807, 2.05) is 49.9 Å². The fourth-order valence-corrected chi connectivity index (χ4v) is 1.59. The van der Waals surface area contributed by atoms with Crippen molar-refractivity contribution in [2.24, 2.45) is 5.92 Å². The Morgan fingerprint density at radius 1 is 1.38 bits per heavy atom. The predicted octanol–water partition coefficient (Wildman–Crippen LogP) is 2.27. The summed E-state index contributed by atoms with van der Waals surface area (Å²) in [5, 5.41) is 0. The largest absolute Gasteiger partial charge is 0.398 e. The summed E-state index contributed by atoms with van der Waals surface area (Å²) in [6.45, 7) is 7.13. The molecule has 3 heteroatoms. The molecule has 0 aliphatic carbocycles. The molecule has 1 aromatic rings. The summed E-state index contributed by atoms with van der Waals surface area (Å²) < 4.78 is 0. The van der Waals surface area contributed by atoms with Gasteiger partial charge in [-0.1, -0.05) is 32.0 Å². The molecule has 0 bridgehead atoms. The van der Waals surface area contributed by atoms with Gasteiger partial charge in [0.25, 0.3) is 0 Å². The molecule has 1 amide bonds. The molecule has 0 aromatic heterocycles. The number of nitrogens with two attached hydrogens (primary N) is 1. The van der Waals surface area contributed by atoms with E-state index >= 15 is 0 Å². The first-order valence-corrected chi connectivity index (χ1v) is 5.68. The predicted molar refractivity (Wildman–Crippen MR) is 66.8 cm³/mol. The van der Waals surface area contributed by atoms with Crippen LogP contribution in [-0.4, -0.2) is 17.4 Å². The maximum Gasteiger partial charge on any atom is 0.225 e. The second-order valence-electron chi connectivity index (χ2n) is 4.21. The Morgan fingerprint density at radius 3 is 2.50 bits per heavy atom. The summed E-state index contributed by atoms with van der Waals surface area (Å²) in [5.41, 5.74) is 7.62. The van der Waals surface area contributed by atoms with Crippen molar-refractivity contribution in [3.8, 4) is 0 Å². The minimum atomic E-state index is 0.0323. The Morgan fingerprint density at radius 2 is 2.00 bits per heavy atom. The van der Waals surface area contributed by atoms with Crippen LogP contribution in [0.5, 0.6) is 0 Å². The monoisotopic (exact) mass is 220 g/mol. The van der Waals surface area contributed by atoms with E-state index < -0.39 is 0 Å².